The van der Waals surface area contributed by atoms with Crippen molar-refractivity contribution in [3.63, 3.8) is 0 Å². The number of ether oxygens (including phenoxy) is 2. The molecule has 2 aromatic rings. The summed E-state index contributed by atoms with van der Waals surface area (Å²) in [5.74, 6) is 2.21. The summed E-state index contributed by atoms with van der Waals surface area (Å²) in [6, 6.07) is 9.33. The number of methoxy groups -OCH3 is 2. The summed E-state index contributed by atoms with van der Waals surface area (Å²) in [6.07, 6.45) is 4.25. The molecule has 2 unspecified atom stereocenters. The van der Waals surface area contributed by atoms with Crippen LogP contribution in [0.25, 0.3) is 0 Å². The maximum atomic E-state index is 6.35. The molecule has 1 aromatic carbocycles. The number of hydrogen-bond acceptors (Lipinski definition) is 4. The molecular weight excluding hydrogens is 266 g/mol. The molecule has 2 atom stereocenters. The molecule has 0 saturated heterocycles. The van der Waals surface area contributed by atoms with Gasteiger partial charge in [0.05, 0.1) is 26.5 Å². The van der Waals surface area contributed by atoms with Crippen molar-refractivity contribution in [2.75, 3.05) is 14.2 Å². The van der Waals surface area contributed by atoms with Crippen molar-refractivity contribution in [3.8, 4) is 11.5 Å². The molecule has 2 N–H and O–H groups in total. The predicted molar refractivity (Wildman–Crippen MR) is 82.7 cm³/mol. The molecule has 0 aliphatic carbocycles. The molecule has 0 aliphatic rings. The van der Waals surface area contributed by atoms with Crippen molar-refractivity contribution in [1.82, 2.24) is 0 Å². The van der Waals surface area contributed by atoms with Gasteiger partial charge in [0.25, 0.3) is 0 Å². The van der Waals surface area contributed by atoms with Crippen LogP contribution in [0.5, 0.6) is 11.5 Å². The van der Waals surface area contributed by atoms with Crippen molar-refractivity contribution >= 4 is 0 Å². The van der Waals surface area contributed by atoms with Gasteiger partial charge >= 0.3 is 0 Å². The third kappa shape index (κ3) is 3.28. The van der Waals surface area contributed by atoms with Crippen LogP contribution >= 0.6 is 0 Å². The standard InChI is InChI=1S/C17H21NO3/c1-4-6-13(17(18)15-7-5-10-21-15)12-8-9-14(19-2)16(11-12)20-3/h4-5,7-11,13,17H,1,6,18H2,2-3H3. The Morgan fingerprint density at radius 3 is 2.57 bits per heavy atom. The first-order valence-electron chi connectivity index (χ1n) is 6.83. The molecule has 1 aromatic heterocycles. The average molecular weight is 287 g/mol. The lowest BCUT2D eigenvalue weighted by molar-refractivity contribution is 0.353. The Morgan fingerprint density at radius 1 is 1.24 bits per heavy atom. The summed E-state index contributed by atoms with van der Waals surface area (Å²) >= 11 is 0. The van der Waals surface area contributed by atoms with Crippen molar-refractivity contribution in [2.45, 2.75) is 18.4 Å². The maximum absolute atomic E-state index is 6.35. The van der Waals surface area contributed by atoms with E-state index in [1.807, 2.05) is 36.4 Å². The fraction of sp³-hybridized carbons (Fsp3) is 0.294. The van der Waals surface area contributed by atoms with Crippen LogP contribution in [0.15, 0.2) is 53.7 Å². The Bertz CT molecular complexity index is 578. The molecule has 1 heterocycles. The van der Waals surface area contributed by atoms with Crippen molar-refractivity contribution in [3.05, 3.63) is 60.6 Å². The van der Waals surface area contributed by atoms with Gasteiger partial charge in [0.15, 0.2) is 11.5 Å². The smallest absolute Gasteiger partial charge is 0.160 e. The lowest BCUT2D eigenvalue weighted by Crippen LogP contribution is -2.19. The maximum Gasteiger partial charge on any atom is 0.160 e. The average Bonchev–Trinajstić information content (AvgIpc) is 3.05. The largest absolute Gasteiger partial charge is 0.493 e. The first-order valence-corrected chi connectivity index (χ1v) is 6.83. The summed E-state index contributed by atoms with van der Waals surface area (Å²) in [5.41, 5.74) is 7.42. The van der Waals surface area contributed by atoms with E-state index in [2.05, 4.69) is 6.58 Å². The summed E-state index contributed by atoms with van der Waals surface area (Å²) in [4.78, 5) is 0. The topological polar surface area (TPSA) is 57.6 Å². The van der Waals surface area contributed by atoms with Crippen LogP contribution < -0.4 is 15.2 Å². The molecule has 2 rings (SSSR count). The van der Waals surface area contributed by atoms with Gasteiger partial charge in [-0.1, -0.05) is 12.1 Å². The zero-order valence-corrected chi connectivity index (χ0v) is 12.4. The minimum Gasteiger partial charge on any atom is -0.493 e. The quantitative estimate of drug-likeness (QED) is 0.790. The molecule has 0 aliphatic heterocycles. The lowest BCUT2D eigenvalue weighted by atomic mass is 9.87. The molecule has 0 saturated carbocycles. The number of hydrogen-bond donors (Lipinski definition) is 1. The van der Waals surface area contributed by atoms with Crippen LogP contribution in [0, 0.1) is 0 Å². The summed E-state index contributed by atoms with van der Waals surface area (Å²) in [6.45, 7) is 3.82. The number of benzene rings is 1. The Morgan fingerprint density at radius 2 is 2.00 bits per heavy atom. The van der Waals surface area contributed by atoms with Crippen LogP contribution in [0.4, 0.5) is 0 Å². The molecule has 0 spiro atoms. The van der Waals surface area contributed by atoms with E-state index < -0.39 is 0 Å². The van der Waals surface area contributed by atoms with Gasteiger partial charge in [-0.2, -0.15) is 0 Å². The van der Waals surface area contributed by atoms with E-state index in [0.717, 1.165) is 17.7 Å². The Hall–Kier alpha value is -2.20. The monoisotopic (exact) mass is 287 g/mol. The lowest BCUT2D eigenvalue weighted by Gasteiger charge is -2.22. The second-order valence-corrected chi connectivity index (χ2v) is 4.79. The molecule has 0 bridgehead atoms. The molecule has 112 valence electrons. The highest BCUT2D eigenvalue weighted by Crippen LogP contribution is 2.37. The van der Waals surface area contributed by atoms with Gasteiger partial charge in [0.2, 0.25) is 0 Å². The highest BCUT2D eigenvalue weighted by atomic mass is 16.5. The predicted octanol–water partition coefficient (Wildman–Crippen LogP) is 3.66. The third-order valence-electron chi connectivity index (χ3n) is 3.56. The number of nitrogens with two attached hydrogens (primary N) is 1. The van der Waals surface area contributed by atoms with Gasteiger partial charge in [-0.15, -0.1) is 6.58 Å². The molecule has 4 heteroatoms. The van der Waals surface area contributed by atoms with E-state index in [9.17, 15) is 0 Å². The summed E-state index contributed by atoms with van der Waals surface area (Å²) in [5, 5.41) is 0. The number of rotatable bonds is 7. The van der Waals surface area contributed by atoms with E-state index in [1.165, 1.54) is 0 Å². The number of furan rings is 1. The Balaban J connectivity index is 2.35. The van der Waals surface area contributed by atoms with Crippen LogP contribution in [0.1, 0.15) is 29.7 Å². The SMILES string of the molecule is C=CCC(c1ccc(OC)c(OC)c1)C(N)c1ccco1. The second kappa shape index (κ2) is 6.99. The fourth-order valence-electron chi connectivity index (χ4n) is 2.43. The Labute approximate surface area is 125 Å². The molecule has 4 nitrogen and oxygen atoms in total. The third-order valence-corrected chi connectivity index (χ3v) is 3.56. The second-order valence-electron chi connectivity index (χ2n) is 4.79. The minimum atomic E-state index is -0.240. The van der Waals surface area contributed by atoms with E-state index in [4.69, 9.17) is 19.6 Å². The molecule has 0 amide bonds. The normalized spacial score (nSPS) is 13.5. The zero-order valence-electron chi connectivity index (χ0n) is 12.4. The van der Waals surface area contributed by atoms with Gasteiger partial charge in [-0.25, -0.2) is 0 Å². The van der Waals surface area contributed by atoms with Gasteiger partial charge in [0.1, 0.15) is 5.76 Å². The summed E-state index contributed by atoms with van der Waals surface area (Å²) in [7, 11) is 3.24. The van der Waals surface area contributed by atoms with E-state index in [1.54, 1.807) is 20.5 Å². The van der Waals surface area contributed by atoms with Crippen LogP contribution in [0.3, 0.4) is 0 Å². The van der Waals surface area contributed by atoms with Crippen molar-refractivity contribution in [2.24, 2.45) is 5.73 Å². The van der Waals surface area contributed by atoms with Gasteiger partial charge in [-0.3, -0.25) is 0 Å². The first kappa shape index (κ1) is 15.2. The molecule has 21 heavy (non-hydrogen) atoms. The van der Waals surface area contributed by atoms with Crippen LogP contribution in [0.2, 0.25) is 0 Å². The number of allylic oxidation sites excluding steroid dienone is 1. The van der Waals surface area contributed by atoms with E-state index >= 15 is 0 Å². The van der Waals surface area contributed by atoms with Gasteiger partial charge < -0.3 is 19.6 Å². The van der Waals surface area contributed by atoms with Gasteiger partial charge in [-0.05, 0) is 36.2 Å². The first-order chi connectivity index (χ1) is 10.2. The van der Waals surface area contributed by atoms with Crippen LogP contribution in [-0.2, 0) is 0 Å². The van der Waals surface area contributed by atoms with E-state index in [-0.39, 0.29) is 12.0 Å². The Kier molecular flexibility index (Phi) is 5.06. The van der Waals surface area contributed by atoms with Crippen molar-refractivity contribution in [1.29, 1.82) is 0 Å². The van der Waals surface area contributed by atoms with Crippen LogP contribution in [-0.4, -0.2) is 14.2 Å². The van der Waals surface area contributed by atoms with Crippen molar-refractivity contribution < 1.29 is 13.9 Å². The van der Waals surface area contributed by atoms with Gasteiger partial charge in [0, 0.05) is 5.92 Å². The molecule has 0 fully saturated rings. The zero-order chi connectivity index (χ0) is 15.2. The summed E-state index contributed by atoms with van der Waals surface area (Å²) < 4.78 is 16.1. The minimum absolute atomic E-state index is 0.0634. The fourth-order valence-corrected chi connectivity index (χ4v) is 2.43. The highest BCUT2D eigenvalue weighted by Gasteiger charge is 2.23. The highest BCUT2D eigenvalue weighted by molar-refractivity contribution is 5.44. The molecule has 0 radical (unpaired) electrons. The van der Waals surface area contributed by atoms with E-state index in [0.29, 0.717) is 11.5 Å². The molecular formula is C17H21NO3.